The van der Waals surface area contributed by atoms with Crippen molar-refractivity contribution in [2.75, 3.05) is 13.2 Å². The zero-order valence-electron chi connectivity index (χ0n) is 11.7. The number of likely N-dealkylation sites (N-methyl/N-ethyl adjacent to an activating group) is 1. The van der Waals surface area contributed by atoms with E-state index in [1.54, 1.807) is 6.92 Å². The second kappa shape index (κ2) is 7.19. The van der Waals surface area contributed by atoms with Gasteiger partial charge >= 0.3 is 0 Å². The molecule has 0 aliphatic heterocycles. The molecule has 1 aromatic carbocycles. The van der Waals surface area contributed by atoms with Gasteiger partial charge in [-0.1, -0.05) is 13.0 Å². The fourth-order valence-corrected chi connectivity index (χ4v) is 1.91. The first-order chi connectivity index (χ1) is 9.40. The number of ether oxygens (including phenoxy) is 1. The highest BCUT2D eigenvalue weighted by molar-refractivity contribution is 5.84. The second-order valence-electron chi connectivity index (χ2n) is 4.73. The average Bonchev–Trinajstić information content (AvgIpc) is 2.37. The van der Waals surface area contributed by atoms with Gasteiger partial charge in [0.1, 0.15) is 0 Å². The number of hydrogen-bond acceptors (Lipinski definition) is 3. The van der Waals surface area contributed by atoms with Crippen LogP contribution in [-0.2, 0) is 4.79 Å². The summed E-state index contributed by atoms with van der Waals surface area (Å²) in [5.74, 6) is -2.34. The maximum Gasteiger partial charge on any atom is 0.237 e. The summed E-state index contributed by atoms with van der Waals surface area (Å²) in [4.78, 5) is 11.4. The number of halogens is 2. The largest absolute Gasteiger partial charge is 0.488 e. The third-order valence-electron chi connectivity index (χ3n) is 3.10. The Balaban J connectivity index is 2.51. The summed E-state index contributed by atoms with van der Waals surface area (Å²) in [6.45, 7) is 4.27. The maximum absolute atomic E-state index is 13.3. The van der Waals surface area contributed by atoms with Crippen LogP contribution < -0.4 is 15.8 Å². The van der Waals surface area contributed by atoms with E-state index in [0.717, 1.165) is 12.1 Å². The molecule has 1 atom stereocenters. The van der Waals surface area contributed by atoms with Crippen LogP contribution in [0.4, 0.5) is 8.78 Å². The van der Waals surface area contributed by atoms with Gasteiger partial charge in [0.2, 0.25) is 5.91 Å². The Morgan fingerprint density at radius 3 is 2.50 bits per heavy atom. The molecule has 0 aliphatic rings. The average molecular weight is 286 g/mol. The normalized spacial score (nSPS) is 13.8. The number of nitrogens with one attached hydrogen (secondary N) is 1. The van der Waals surface area contributed by atoms with Crippen molar-refractivity contribution in [1.29, 1.82) is 0 Å². The van der Waals surface area contributed by atoms with Crippen LogP contribution in [0.25, 0.3) is 0 Å². The summed E-state index contributed by atoms with van der Waals surface area (Å²) >= 11 is 0. The van der Waals surface area contributed by atoms with Crippen LogP contribution in [0.15, 0.2) is 18.2 Å². The van der Waals surface area contributed by atoms with E-state index in [9.17, 15) is 13.6 Å². The number of carbonyl (C=O) groups excluding carboxylic acids is 1. The van der Waals surface area contributed by atoms with Crippen molar-refractivity contribution >= 4 is 5.91 Å². The molecule has 0 aliphatic carbocycles. The lowest BCUT2D eigenvalue weighted by atomic mass is 9.95. The number of rotatable bonds is 8. The van der Waals surface area contributed by atoms with Crippen molar-refractivity contribution < 1.29 is 18.3 Å². The molecule has 0 radical (unpaired) electrons. The lowest BCUT2D eigenvalue weighted by molar-refractivity contribution is -0.124. The minimum absolute atomic E-state index is 0.103. The van der Waals surface area contributed by atoms with Crippen molar-refractivity contribution in [2.45, 2.75) is 32.2 Å². The number of carbonyl (C=O) groups is 1. The van der Waals surface area contributed by atoms with Crippen molar-refractivity contribution in [3.8, 4) is 5.75 Å². The van der Waals surface area contributed by atoms with E-state index in [2.05, 4.69) is 5.32 Å². The van der Waals surface area contributed by atoms with Crippen molar-refractivity contribution in [3.63, 3.8) is 0 Å². The molecule has 0 aromatic heterocycles. The van der Waals surface area contributed by atoms with Gasteiger partial charge in [-0.15, -0.1) is 0 Å². The van der Waals surface area contributed by atoms with E-state index < -0.39 is 28.8 Å². The maximum atomic E-state index is 13.3. The minimum Gasteiger partial charge on any atom is -0.488 e. The first-order valence-electron chi connectivity index (χ1n) is 6.52. The number of nitrogens with two attached hydrogens (primary N) is 1. The minimum atomic E-state index is -0.841. The van der Waals surface area contributed by atoms with Crippen LogP contribution in [0.2, 0.25) is 0 Å². The molecule has 0 heterocycles. The molecule has 3 N–H and O–H groups in total. The lowest BCUT2D eigenvalue weighted by Gasteiger charge is -2.26. The Bertz CT molecular complexity index is 448. The summed E-state index contributed by atoms with van der Waals surface area (Å²) in [6.07, 6.45) is 0.868. The highest BCUT2D eigenvalue weighted by atomic mass is 19.1. The number of benzene rings is 1. The smallest absolute Gasteiger partial charge is 0.237 e. The Morgan fingerprint density at radius 2 is 2.00 bits per heavy atom. The van der Waals surface area contributed by atoms with Gasteiger partial charge < -0.3 is 15.8 Å². The van der Waals surface area contributed by atoms with Crippen molar-refractivity contribution in [2.24, 2.45) is 5.73 Å². The van der Waals surface area contributed by atoms with Gasteiger partial charge in [-0.3, -0.25) is 4.79 Å². The molecule has 6 heteroatoms. The summed E-state index contributed by atoms with van der Waals surface area (Å²) in [6, 6.07) is 3.53. The Hall–Kier alpha value is -1.69. The van der Waals surface area contributed by atoms with E-state index in [1.165, 1.54) is 6.07 Å². The third-order valence-corrected chi connectivity index (χ3v) is 3.10. The molecular formula is C14H20F2N2O2. The van der Waals surface area contributed by atoms with Crippen LogP contribution in [0.5, 0.6) is 5.75 Å². The SMILES string of the molecule is CCNC(C)(CCCOc1c(F)cccc1F)C(N)=O. The monoisotopic (exact) mass is 286 g/mol. The van der Waals surface area contributed by atoms with Gasteiger partial charge in [0.05, 0.1) is 12.1 Å². The fourth-order valence-electron chi connectivity index (χ4n) is 1.91. The zero-order valence-corrected chi connectivity index (χ0v) is 11.7. The summed E-state index contributed by atoms with van der Waals surface area (Å²) < 4.78 is 31.7. The van der Waals surface area contributed by atoms with Crippen molar-refractivity contribution in [3.05, 3.63) is 29.8 Å². The van der Waals surface area contributed by atoms with E-state index in [4.69, 9.17) is 10.5 Å². The van der Waals surface area contributed by atoms with E-state index in [0.29, 0.717) is 19.4 Å². The molecular weight excluding hydrogens is 266 g/mol. The fraction of sp³-hybridized carbons (Fsp3) is 0.500. The van der Waals surface area contributed by atoms with Crippen LogP contribution >= 0.6 is 0 Å². The zero-order chi connectivity index (χ0) is 15.2. The Labute approximate surface area is 117 Å². The molecule has 0 saturated heterocycles. The van der Waals surface area contributed by atoms with E-state index in [1.807, 2.05) is 6.92 Å². The molecule has 20 heavy (non-hydrogen) atoms. The van der Waals surface area contributed by atoms with Gasteiger partial charge in [0.15, 0.2) is 17.4 Å². The van der Waals surface area contributed by atoms with Crippen molar-refractivity contribution in [1.82, 2.24) is 5.32 Å². The highest BCUT2D eigenvalue weighted by Gasteiger charge is 2.29. The molecule has 1 aromatic rings. The van der Waals surface area contributed by atoms with Crippen LogP contribution in [0, 0.1) is 11.6 Å². The Kier molecular flexibility index (Phi) is 5.88. The second-order valence-corrected chi connectivity index (χ2v) is 4.73. The van der Waals surface area contributed by atoms with Gasteiger partial charge in [0, 0.05) is 0 Å². The van der Waals surface area contributed by atoms with Crippen LogP contribution in [0.1, 0.15) is 26.7 Å². The molecule has 4 nitrogen and oxygen atoms in total. The quantitative estimate of drug-likeness (QED) is 0.718. The predicted molar refractivity (Wildman–Crippen MR) is 72.4 cm³/mol. The lowest BCUT2D eigenvalue weighted by Crippen LogP contribution is -2.53. The summed E-state index contributed by atoms with van der Waals surface area (Å²) in [7, 11) is 0. The van der Waals surface area contributed by atoms with Crippen LogP contribution in [-0.4, -0.2) is 24.6 Å². The highest BCUT2D eigenvalue weighted by Crippen LogP contribution is 2.21. The molecule has 0 spiro atoms. The standard InChI is InChI=1S/C14H20F2N2O2/c1-3-18-14(2,13(17)19)8-5-9-20-12-10(15)6-4-7-11(12)16/h4,6-7,18H,3,5,8-9H2,1-2H3,(H2,17,19). The first kappa shape index (κ1) is 16.4. The molecule has 1 unspecified atom stereocenters. The molecule has 1 amide bonds. The molecule has 1 rings (SSSR count). The number of hydrogen-bond donors (Lipinski definition) is 2. The molecule has 0 fully saturated rings. The number of amides is 1. The summed E-state index contributed by atoms with van der Waals surface area (Å²) in [5, 5.41) is 3.00. The Morgan fingerprint density at radius 1 is 1.40 bits per heavy atom. The first-order valence-corrected chi connectivity index (χ1v) is 6.52. The van der Waals surface area contributed by atoms with Gasteiger partial charge in [-0.2, -0.15) is 0 Å². The molecule has 112 valence electrons. The molecule has 0 bridgehead atoms. The number of para-hydroxylation sites is 1. The number of primary amides is 1. The topological polar surface area (TPSA) is 64.3 Å². The third kappa shape index (κ3) is 4.16. The summed E-state index contributed by atoms with van der Waals surface area (Å²) in [5.41, 5.74) is 4.49. The van der Waals surface area contributed by atoms with E-state index in [-0.39, 0.29) is 6.61 Å². The van der Waals surface area contributed by atoms with Gasteiger partial charge in [-0.25, -0.2) is 8.78 Å². The molecule has 0 saturated carbocycles. The predicted octanol–water partition coefficient (Wildman–Crippen LogP) is 1.98. The van der Waals surface area contributed by atoms with Gasteiger partial charge in [-0.05, 0) is 38.4 Å². The van der Waals surface area contributed by atoms with Crippen LogP contribution in [0.3, 0.4) is 0 Å². The van der Waals surface area contributed by atoms with E-state index >= 15 is 0 Å². The van der Waals surface area contributed by atoms with Gasteiger partial charge in [0.25, 0.3) is 0 Å².